The summed E-state index contributed by atoms with van der Waals surface area (Å²) in [6, 6.07) is 7.42. The van der Waals surface area contributed by atoms with Gasteiger partial charge in [0, 0.05) is 18.2 Å². The van der Waals surface area contributed by atoms with Gasteiger partial charge < -0.3 is 5.32 Å². The van der Waals surface area contributed by atoms with Gasteiger partial charge in [-0.15, -0.1) is 0 Å². The lowest BCUT2D eigenvalue weighted by Gasteiger charge is -2.26. The van der Waals surface area contributed by atoms with Crippen molar-refractivity contribution in [1.29, 1.82) is 0 Å². The van der Waals surface area contributed by atoms with E-state index in [4.69, 9.17) is 0 Å². The van der Waals surface area contributed by atoms with Gasteiger partial charge in [0.05, 0.1) is 4.92 Å². The van der Waals surface area contributed by atoms with Crippen LogP contribution in [0.4, 0.5) is 5.69 Å². The molecule has 1 saturated carbocycles. The second-order valence-electron chi connectivity index (χ2n) is 5.59. The second kappa shape index (κ2) is 6.15. The molecule has 1 aromatic carbocycles. The molecule has 0 aromatic heterocycles. The Morgan fingerprint density at radius 1 is 1.37 bits per heavy atom. The van der Waals surface area contributed by atoms with E-state index in [0.29, 0.717) is 6.04 Å². The highest BCUT2D eigenvalue weighted by Gasteiger charge is 2.29. The summed E-state index contributed by atoms with van der Waals surface area (Å²) in [7, 11) is 2.01. The van der Waals surface area contributed by atoms with E-state index in [9.17, 15) is 10.1 Å². The van der Waals surface area contributed by atoms with Gasteiger partial charge in [-0.25, -0.2) is 0 Å². The van der Waals surface area contributed by atoms with Crippen molar-refractivity contribution in [1.82, 2.24) is 5.32 Å². The Balaban J connectivity index is 2.03. The fourth-order valence-electron chi connectivity index (χ4n) is 3.25. The number of hydrogen-bond acceptors (Lipinski definition) is 3. The molecule has 19 heavy (non-hydrogen) atoms. The van der Waals surface area contributed by atoms with Gasteiger partial charge in [-0.1, -0.05) is 31.9 Å². The Hall–Kier alpha value is -1.42. The zero-order valence-electron chi connectivity index (χ0n) is 11.6. The highest BCUT2D eigenvalue weighted by molar-refractivity contribution is 5.33. The fraction of sp³-hybridized carbons (Fsp3) is 0.600. The third kappa shape index (κ3) is 3.32. The van der Waals surface area contributed by atoms with Gasteiger partial charge in [0.1, 0.15) is 0 Å². The number of nitro groups is 1. The summed E-state index contributed by atoms with van der Waals surface area (Å²) in [5, 5.41) is 14.1. The number of benzene rings is 1. The summed E-state index contributed by atoms with van der Waals surface area (Å²) in [6.07, 6.45) is 4.89. The first kappa shape index (κ1) is 14.0. The smallest absolute Gasteiger partial charge is 0.269 e. The second-order valence-corrected chi connectivity index (χ2v) is 5.59. The molecule has 0 aliphatic heterocycles. The number of likely N-dealkylation sites (N-methyl/N-ethyl adjacent to an activating group) is 1. The first-order valence-corrected chi connectivity index (χ1v) is 7.02. The lowest BCUT2D eigenvalue weighted by atomic mass is 9.86. The van der Waals surface area contributed by atoms with Crippen molar-refractivity contribution in [2.45, 2.75) is 38.6 Å². The molecule has 0 radical (unpaired) electrons. The number of rotatable bonds is 5. The van der Waals surface area contributed by atoms with Crippen LogP contribution in [0, 0.1) is 22.0 Å². The van der Waals surface area contributed by atoms with Gasteiger partial charge in [0.15, 0.2) is 0 Å². The van der Waals surface area contributed by atoms with Gasteiger partial charge in [-0.05, 0) is 37.3 Å². The highest BCUT2D eigenvalue weighted by Crippen LogP contribution is 2.34. The lowest BCUT2D eigenvalue weighted by Crippen LogP contribution is -2.36. The molecule has 4 heteroatoms. The van der Waals surface area contributed by atoms with Crippen LogP contribution in [0.25, 0.3) is 0 Å². The number of nitrogens with one attached hydrogen (secondary N) is 1. The zero-order chi connectivity index (χ0) is 13.8. The van der Waals surface area contributed by atoms with Crippen LogP contribution in [0.5, 0.6) is 0 Å². The predicted molar refractivity (Wildman–Crippen MR) is 76.2 cm³/mol. The first-order chi connectivity index (χ1) is 9.11. The van der Waals surface area contributed by atoms with Crippen LogP contribution in [0.3, 0.4) is 0 Å². The highest BCUT2D eigenvalue weighted by atomic mass is 16.6. The van der Waals surface area contributed by atoms with Crippen LogP contribution in [0.15, 0.2) is 24.3 Å². The van der Waals surface area contributed by atoms with E-state index in [2.05, 4.69) is 12.2 Å². The SMILES string of the molecule is CNC(Cc1ccc([N+](=O)[O-])cc1)C1CCCC1C. The molecule has 0 spiro atoms. The maximum Gasteiger partial charge on any atom is 0.269 e. The largest absolute Gasteiger partial charge is 0.316 e. The third-order valence-electron chi connectivity index (χ3n) is 4.42. The van der Waals surface area contributed by atoms with Gasteiger partial charge in [-0.2, -0.15) is 0 Å². The molecule has 104 valence electrons. The Morgan fingerprint density at radius 3 is 2.53 bits per heavy atom. The van der Waals surface area contributed by atoms with Gasteiger partial charge in [0.25, 0.3) is 5.69 Å². The minimum Gasteiger partial charge on any atom is -0.316 e. The Kier molecular flexibility index (Phi) is 4.53. The van der Waals surface area contributed by atoms with Crippen molar-refractivity contribution in [3.05, 3.63) is 39.9 Å². The van der Waals surface area contributed by atoms with Crippen molar-refractivity contribution < 1.29 is 4.92 Å². The molecule has 0 amide bonds. The topological polar surface area (TPSA) is 55.2 Å². The van der Waals surface area contributed by atoms with Gasteiger partial charge in [-0.3, -0.25) is 10.1 Å². The molecule has 2 rings (SSSR count). The van der Waals surface area contributed by atoms with Gasteiger partial charge in [0.2, 0.25) is 0 Å². The summed E-state index contributed by atoms with van der Waals surface area (Å²) >= 11 is 0. The van der Waals surface area contributed by atoms with Gasteiger partial charge >= 0.3 is 0 Å². The quantitative estimate of drug-likeness (QED) is 0.655. The molecule has 1 aliphatic rings. The summed E-state index contributed by atoms with van der Waals surface area (Å²) < 4.78 is 0. The molecular weight excluding hydrogens is 240 g/mol. The summed E-state index contributed by atoms with van der Waals surface area (Å²) in [4.78, 5) is 10.3. The maximum absolute atomic E-state index is 10.6. The maximum atomic E-state index is 10.6. The van der Waals surface area contributed by atoms with E-state index in [1.54, 1.807) is 12.1 Å². The number of hydrogen-bond donors (Lipinski definition) is 1. The predicted octanol–water partition coefficient (Wildman–Crippen LogP) is 3.16. The zero-order valence-corrected chi connectivity index (χ0v) is 11.6. The van der Waals surface area contributed by atoms with Crippen LogP contribution in [-0.4, -0.2) is 18.0 Å². The van der Waals surface area contributed by atoms with E-state index in [1.165, 1.54) is 24.8 Å². The first-order valence-electron chi connectivity index (χ1n) is 7.02. The standard InChI is InChI=1S/C15H22N2O2/c1-11-4-3-5-14(11)15(16-2)10-12-6-8-13(9-7-12)17(18)19/h6-9,11,14-16H,3-5,10H2,1-2H3. The van der Waals surface area contributed by atoms with Crippen molar-refractivity contribution in [3.63, 3.8) is 0 Å². The van der Waals surface area contributed by atoms with Crippen molar-refractivity contribution in [2.75, 3.05) is 7.05 Å². The Morgan fingerprint density at radius 2 is 2.05 bits per heavy atom. The summed E-state index contributed by atoms with van der Waals surface area (Å²) in [5.41, 5.74) is 1.34. The van der Waals surface area contributed by atoms with Crippen LogP contribution in [0.2, 0.25) is 0 Å². The molecule has 1 N–H and O–H groups in total. The van der Waals surface area contributed by atoms with Crippen LogP contribution in [-0.2, 0) is 6.42 Å². The lowest BCUT2D eigenvalue weighted by molar-refractivity contribution is -0.384. The number of non-ortho nitro benzene ring substituents is 1. The Labute approximate surface area is 114 Å². The monoisotopic (exact) mass is 262 g/mol. The van der Waals surface area contributed by atoms with Crippen molar-refractivity contribution >= 4 is 5.69 Å². The molecule has 3 atom stereocenters. The molecule has 3 unspecified atom stereocenters. The van der Waals surface area contributed by atoms with Crippen LogP contribution < -0.4 is 5.32 Å². The molecule has 0 saturated heterocycles. The molecular formula is C15H22N2O2. The van der Waals surface area contributed by atoms with Crippen LogP contribution in [0.1, 0.15) is 31.7 Å². The van der Waals surface area contributed by atoms with E-state index in [1.807, 2.05) is 19.2 Å². The van der Waals surface area contributed by atoms with Crippen molar-refractivity contribution in [3.8, 4) is 0 Å². The van der Waals surface area contributed by atoms with Crippen molar-refractivity contribution in [2.24, 2.45) is 11.8 Å². The normalized spacial score (nSPS) is 24.3. The molecule has 1 aromatic rings. The average molecular weight is 262 g/mol. The molecule has 1 aliphatic carbocycles. The van der Waals surface area contributed by atoms with E-state index >= 15 is 0 Å². The minimum atomic E-state index is -0.349. The molecule has 0 bridgehead atoms. The summed E-state index contributed by atoms with van der Waals surface area (Å²) in [5.74, 6) is 1.50. The molecule has 0 heterocycles. The van der Waals surface area contributed by atoms with Crippen LogP contribution >= 0.6 is 0 Å². The minimum absolute atomic E-state index is 0.166. The average Bonchev–Trinajstić information content (AvgIpc) is 2.83. The number of nitrogens with zero attached hydrogens (tertiary/aromatic N) is 1. The van der Waals surface area contributed by atoms with E-state index in [-0.39, 0.29) is 10.6 Å². The molecule has 1 fully saturated rings. The van der Waals surface area contributed by atoms with E-state index in [0.717, 1.165) is 18.3 Å². The Bertz CT molecular complexity index is 430. The fourth-order valence-corrected chi connectivity index (χ4v) is 3.25. The summed E-state index contributed by atoms with van der Waals surface area (Å²) in [6.45, 7) is 2.33. The molecule has 4 nitrogen and oxygen atoms in total. The number of nitro benzene ring substituents is 1. The van der Waals surface area contributed by atoms with E-state index < -0.39 is 0 Å². The third-order valence-corrected chi connectivity index (χ3v) is 4.42.